The molecule has 4 nitrogen and oxygen atoms in total. The fourth-order valence-electron chi connectivity index (χ4n) is 0.910. The summed E-state index contributed by atoms with van der Waals surface area (Å²) in [5.74, 6) is -1.60. The van der Waals surface area contributed by atoms with E-state index in [1.807, 2.05) is 0 Å². The van der Waals surface area contributed by atoms with Gasteiger partial charge in [-0.15, -0.1) is 0 Å². The quantitative estimate of drug-likeness (QED) is 0.401. The summed E-state index contributed by atoms with van der Waals surface area (Å²) < 4.78 is 0. The fourth-order valence-corrected chi connectivity index (χ4v) is 0.910. The monoisotopic (exact) mass is 191 g/mol. The molecule has 0 aliphatic carbocycles. The topological polar surface area (TPSA) is 64.1 Å². The Morgan fingerprint density at radius 2 is 1.79 bits per heavy atom. The highest BCUT2D eigenvalue weighted by molar-refractivity contribution is 6.40. The van der Waals surface area contributed by atoms with Crippen molar-refractivity contribution in [3.63, 3.8) is 0 Å². The minimum Gasteiger partial charge on any atom is -0.294 e. The summed E-state index contributed by atoms with van der Waals surface area (Å²) in [5.41, 5.74) is 0.398. The van der Waals surface area contributed by atoms with Crippen LogP contribution >= 0.6 is 0 Å². The van der Waals surface area contributed by atoms with Crippen LogP contribution in [0.15, 0.2) is 24.5 Å². The van der Waals surface area contributed by atoms with E-state index in [-0.39, 0.29) is 12.2 Å². The van der Waals surface area contributed by atoms with Gasteiger partial charge in [-0.05, 0) is 12.1 Å². The zero-order chi connectivity index (χ0) is 10.6. The molecule has 72 valence electrons. The Hall–Kier alpha value is -1.84. The third-order valence-corrected chi connectivity index (χ3v) is 1.72. The van der Waals surface area contributed by atoms with Crippen molar-refractivity contribution in [2.45, 2.75) is 13.3 Å². The van der Waals surface area contributed by atoms with E-state index < -0.39 is 11.6 Å². The first-order valence-corrected chi connectivity index (χ1v) is 4.08. The molecule has 0 aromatic carbocycles. The predicted octanol–water partition coefficient (Wildman–Crippen LogP) is 0.812. The lowest BCUT2D eigenvalue weighted by Gasteiger charge is -1.97. The number of ketones is 3. The van der Waals surface area contributed by atoms with Crippen LogP contribution < -0.4 is 0 Å². The number of pyridine rings is 1. The van der Waals surface area contributed by atoms with Crippen molar-refractivity contribution in [3.05, 3.63) is 30.1 Å². The largest absolute Gasteiger partial charge is 0.294 e. The summed E-state index contributed by atoms with van der Waals surface area (Å²) in [6, 6.07) is 3.02. The van der Waals surface area contributed by atoms with Crippen molar-refractivity contribution < 1.29 is 14.4 Å². The van der Waals surface area contributed by atoms with Gasteiger partial charge < -0.3 is 0 Å². The van der Waals surface area contributed by atoms with Gasteiger partial charge in [0.15, 0.2) is 11.6 Å². The summed E-state index contributed by atoms with van der Waals surface area (Å²) in [6.07, 6.45) is 2.57. The van der Waals surface area contributed by atoms with Gasteiger partial charge in [0.2, 0.25) is 5.78 Å². The third-order valence-electron chi connectivity index (χ3n) is 1.72. The Bertz CT molecular complexity index is 370. The predicted molar refractivity (Wildman–Crippen MR) is 48.9 cm³/mol. The first-order chi connectivity index (χ1) is 6.61. The molecule has 1 rings (SSSR count). The molecule has 1 aromatic rings. The summed E-state index contributed by atoms with van der Waals surface area (Å²) in [5, 5.41) is 0. The lowest BCUT2D eigenvalue weighted by molar-refractivity contribution is -0.134. The lowest BCUT2D eigenvalue weighted by Crippen LogP contribution is -2.14. The zero-order valence-corrected chi connectivity index (χ0v) is 7.69. The van der Waals surface area contributed by atoms with Gasteiger partial charge in [-0.1, -0.05) is 0 Å². The molecule has 1 heterocycles. The minimum absolute atomic E-state index is 0.354. The van der Waals surface area contributed by atoms with Crippen molar-refractivity contribution in [2.24, 2.45) is 0 Å². The van der Waals surface area contributed by atoms with Crippen LogP contribution in [0.1, 0.15) is 23.7 Å². The molecular weight excluding hydrogens is 182 g/mol. The molecule has 0 radical (unpaired) electrons. The van der Waals surface area contributed by atoms with E-state index in [9.17, 15) is 14.4 Å². The lowest BCUT2D eigenvalue weighted by atomic mass is 10.1. The van der Waals surface area contributed by atoms with E-state index >= 15 is 0 Å². The molecule has 0 saturated heterocycles. The number of hydrogen-bond acceptors (Lipinski definition) is 4. The molecule has 0 atom stereocenters. The van der Waals surface area contributed by atoms with Crippen molar-refractivity contribution in [3.8, 4) is 0 Å². The van der Waals surface area contributed by atoms with Crippen LogP contribution in [-0.4, -0.2) is 22.3 Å². The van der Waals surface area contributed by atoms with E-state index in [1.54, 1.807) is 0 Å². The summed E-state index contributed by atoms with van der Waals surface area (Å²) in [4.78, 5) is 36.6. The standard InChI is InChI=1S/C10H9NO3/c1-7(12)9(13)6-10(14)8-2-4-11-5-3-8/h2-5H,6H2,1H3. The fraction of sp³-hybridized carbons (Fsp3) is 0.200. The van der Waals surface area contributed by atoms with Crippen molar-refractivity contribution in [1.29, 1.82) is 0 Å². The summed E-state index contributed by atoms with van der Waals surface area (Å²) >= 11 is 0. The minimum atomic E-state index is -0.660. The van der Waals surface area contributed by atoms with Crippen LogP contribution in [0.25, 0.3) is 0 Å². The first kappa shape index (κ1) is 10.2. The number of aromatic nitrogens is 1. The highest BCUT2D eigenvalue weighted by Gasteiger charge is 2.14. The van der Waals surface area contributed by atoms with Crippen LogP contribution in [0.4, 0.5) is 0 Å². The maximum atomic E-state index is 11.4. The van der Waals surface area contributed by atoms with E-state index in [0.717, 1.165) is 6.92 Å². The van der Waals surface area contributed by atoms with E-state index in [1.165, 1.54) is 24.5 Å². The number of nitrogens with zero attached hydrogens (tertiary/aromatic N) is 1. The number of rotatable bonds is 4. The molecule has 4 heteroatoms. The average molecular weight is 191 g/mol. The van der Waals surface area contributed by atoms with Gasteiger partial charge in [-0.3, -0.25) is 19.4 Å². The van der Waals surface area contributed by atoms with Gasteiger partial charge in [0.1, 0.15) is 0 Å². The molecule has 0 fully saturated rings. The van der Waals surface area contributed by atoms with Gasteiger partial charge in [0.05, 0.1) is 6.42 Å². The number of carbonyl (C=O) groups excluding carboxylic acids is 3. The summed E-state index contributed by atoms with van der Waals surface area (Å²) in [6.45, 7) is 1.15. The molecule has 1 aromatic heterocycles. The average Bonchev–Trinajstić information content (AvgIpc) is 2.19. The van der Waals surface area contributed by atoms with Gasteiger partial charge in [-0.25, -0.2) is 0 Å². The molecule has 14 heavy (non-hydrogen) atoms. The van der Waals surface area contributed by atoms with Gasteiger partial charge in [-0.2, -0.15) is 0 Å². The molecule has 0 N–H and O–H groups in total. The Morgan fingerprint density at radius 1 is 1.21 bits per heavy atom. The van der Waals surface area contributed by atoms with Gasteiger partial charge in [0, 0.05) is 24.9 Å². The van der Waals surface area contributed by atoms with Crippen LogP contribution in [-0.2, 0) is 9.59 Å². The van der Waals surface area contributed by atoms with Crippen molar-refractivity contribution >= 4 is 17.3 Å². The Morgan fingerprint density at radius 3 is 2.29 bits per heavy atom. The smallest absolute Gasteiger partial charge is 0.205 e. The molecule has 0 saturated carbocycles. The van der Waals surface area contributed by atoms with Crippen LogP contribution in [0, 0.1) is 0 Å². The Balaban J connectivity index is 2.69. The van der Waals surface area contributed by atoms with Crippen LogP contribution in [0.5, 0.6) is 0 Å². The molecule has 0 aliphatic rings. The second-order valence-electron chi connectivity index (χ2n) is 2.82. The number of carbonyl (C=O) groups is 3. The van der Waals surface area contributed by atoms with Gasteiger partial charge in [0.25, 0.3) is 0 Å². The Labute approximate surface area is 81.0 Å². The molecule has 0 amide bonds. The maximum absolute atomic E-state index is 11.4. The second-order valence-corrected chi connectivity index (χ2v) is 2.82. The normalized spacial score (nSPS) is 9.50. The second kappa shape index (κ2) is 4.41. The molecule has 0 spiro atoms. The molecule has 0 unspecified atom stereocenters. The third kappa shape index (κ3) is 2.58. The van der Waals surface area contributed by atoms with E-state index in [0.29, 0.717) is 5.56 Å². The van der Waals surface area contributed by atoms with Crippen LogP contribution in [0.3, 0.4) is 0 Å². The van der Waals surface area contributed by atoms with Gasteiger partial charge >= 0.3 is 0 Å². The van der Waals surface area contributed by atoms with Crippen molar-refractivity contribution in [1.82, 2.24) is 4.98 Å². The molecule has 0 aliphatic heterocycles. The maximum Gasteiger partial charge on any atom is 0.205 e. The SMILES string of the molecule is CC(=O)C(=O)CC(=O)c1ccncc1. The Kier molecular flexibility index (Phi) is 3.23. The zero-order valence-electron chi connectivity index (χ0n) is 7.69. The van der Waals surface area contributed by atoms with Crippen LogP contribution in [0.2, 0.25) is 0 Å². The number of Topliss-reactive ketones (excluding diaryl/α,β-unsaturated/α-hetero) is 3. The summed E-state index contributed by atoms with van der Waals surface area (Å²) in [7, 11) is 0. The highest BCUT2D eigenvalue weighted by Crippen LogP contribution is 2.02. The molecular formula is C10H9NO3. The first-order valence-electron chi connectivity index (χ1n) is 4.08. The van der Waals surface area contributed by atoms with E-state index in [2.05, 4.69) is 4.98 Å². The highest BCUT2D eigenvalue weighted by atomic mass is 16.2. The molecule has 0 bridgehead atoms. The van der Waals surface area contributed by atoms with E-state index in [4.69, 9.17) is 0 Å². The number of hydrogen-bond donors (Lipinski definition) is 0. The van der Waals surface area contributed by atoms with Crippen molar-refractivity contribution in [2.75, 3.05) is 0 Å².